The Hall–Kier alpha value is -1.85. The summed E-state index contributed by atoms with van der Waals surface area (Å²) in [6.07, 6.45) is 0.134. The van der Waals surface area contributed by atoms with E-state index in [1.54, 1.807) is 18.9 Å². The highest BCUT2D eigenvalue weighted by atomic mass is 35.5. The molecule has 0 radical (unpaired) electrons. The standard InChI is InChI=1S/C18H24ClN3O2/c1-12(23)9-10-21(4)18(24)17-13(2)20-22(14(17)3)11-15-5-7-16(19)8-6-15/h5-8,12,23H,9-11H2,1-4H3. The van der Waals surface area contributed by atoms with Gasteiger partial charge in [-0.3, -0.25) is 9.48 Å². The zero-order valence-corrected chi connectivity index (χ0v) is 15.3. The zero-order chi connectivity index (χ0) is 17.9. The Kier molecular flexibility index (Phi) is 6.02. The molecule has 0 aliphatic carbocycles. The molecule has 24 heavy (non-hydrogen) atoms. The Bertz CT molecular complexity index is 708. The van der Waals surface area contributed by atoms with Gasteiger partial charge in [-0.15, -0.1) is 0 Å². The highest BCUT2D eigenvalue weighted by molar-refractivity contribution is 6.30. The number of aliphatic hydroxyl groups is 1. The van der Waals surface area contributed by atoms with Crippen LogP contribution in [0.5, 0.6) is 0 Å². The summed E-state index contributed by atoms with van der Waals surface area (Å²) >= 11 is 5.91. The SMILES string of the molecule is Cc1nn(Cc2ccc(Cl)cc2)c(C)c1C(=O)N(C)CCC(C)O. The summed E-state index contributed by atoms with van der Waals surface area (Å²) in [6, 6.07) is 7.60. The van der Waals surface area contributed by atoms with Crippen molar-refractivity contribution in [1.29, 1.82) is 0 Å². The number of rotatable bonds is 6. The van der Waals surface area contributed by atoms with Crippen LogP contribution in [-0.4, -0.2) is 45.4 Å². The van der Waals surface area contributed by atoms with Crippen molar-refractivity contribution in [3.05, 3.63) is 51.8 Å². The second-order valence-electron chi connectivity index (χ2n) is 6.19. The summed E-state index contributed by atoms with van der Waals surface area (Å²) in [5.41, 5.74) is 3.27. The third kappa shape index (κ3) is 4.36. The lowest BCUT2D eigenvalue weighted by Crippen LogP contribution is -2.30. The number of aromatic nitrogens is 2. The molecule has 0 fully saturated rings. The van der Waals surface area contributed by atoms with Gasteiger partial charge in [0, 0.05) is 24.3 Å². The molecule has 2 aromatic rings. The molecular weight excluding hydrogens is 326 g/mol. The van der Waals surface area contributed by atoms with Crippen LogP contribution in [0.3, 0.4) is 0 Å². The van der Waals surface area contributed by atoms with E-state index >= 15 is 0 Å². The fourth-order valence-corrected chi connectivity index (χ4v) is 2.72. The summed E-state index contributed by atoms with van der Waals surface area (Å²) in [5, 5.41) is 14.6. The number of aliphatic hydroxyl groups excluding tert-OH is 1. The quantitative estimate of drug-likeness (QED) is 0.872. The van der Waals surface area contributed by atoms with E-state index in [0.717, 1.165) is 17.0 Å². The maximum absolute atomic E-state index is 12.7. The summed E-state index contributed by atoms with van der Waals surface area (Å²) in [5.74, 6) is -0.0620. The van der Waals surface area contributed by atoms with Gasteiger partial charge in [0.25, 0.3) is 5.91 Å². The second-order valence-corrected chi connectivity index (χ2v) is 6.63. The van der Waals surface area contributed by atoms with Crippen molar-refractivity contribution in [3.8, 4) is 0 Å². The van der Waals surface area contributed by atoms with Gasteiger partial charge in [0.2, 0.25) is 0 Å². The number of carbonyl (C=O) groups is 1. The minimum Gasteiger partial charge on any atom is -0.393 e. The predicted molar refractivity (Wildman–Crippen MR) is 95.5 cm³/mol. The van der Waals surface area contributed by atoms with Gasteiger partial charge in [-0.1, -0.05) is 23.7 Å². The van der Waals surface area contributed by atoms with Crippen LogP contribution in [0.4, 0.5) is 0 Å². The zero-order valence-electron chi connectivity index (χ0n) is 14.6. The normalized spacial score (nSPS) is 12.2. The van der Waals surface area contributed by atoms with Gasteiger partial charge >= 0.3 is 0 Å². The maximum atomic E-state index is 12.7. The molecule has 130 valence electrons. The molecule has 1 amide bonds. The van der Waals surface area contributed by atoms with E-state index < -0.39 is 6.10 Å². The monoisotopic (exact) mass is 349 g/mol. The van der Waals surface area contributed by atoms with Gasteiger partial charge < -0.3 is 10.0 Å². The van der Waals surface area contributed by atoms with Gasteiger partial charge in [0.05, 0.1) is 23.9 Å². The summed E-state index contributed by atoms with van der Waals surface area (Å²) in [4.78, 5) is 14.3. The average molecular weight is 350 g/mol. The van der Waals surface area contributed by atoms with Crippen LogP contribution in [0.25, 0.3) is 0 Å². The van der Waals surface area contributed by atoms with Crippen LogP contribution in [0.15, 0.2) is 24.3 Å². The minimum absolute atomic E-state index is 0.0620. The van der Waals surface area contributed by atoms with E-state index in [2.05, 4.69) is 5.10 Å². The molecule has 6 heteroatoms. The molecule has 2 rings (SSSR count). The van der Waals surface area contributed by atoms with Crippen LogP contribution < -0.4 is 0 Å². The first kappa shape index (κ1) is 18.5. The van der Waals surface area contributed by atoms with Crippen LogP contribution in [0.1, 0.15) is 40.7 Å². The Morgan fingerprint density at radius 2 is 1.96 bits per heavy atom. The Balaban J connectivity index is 2.18. The summed E-state index contributed by atoms with van der Waals surface area (Å²) in [6.45, 7) is 6.58. The van der Waals surface area contributed by atoms with E-state index in [1.807, 2.05) is 42.8 Å². The van der Waals surface area contributed by atoms with Crippen molar-refractivity contribution in [3.63, 3.8) is 0 Å². The lowest BCUT2D eigenvalue weighted by atomic mass is 10.1. The van der Waals surface area contributed by atoms with Crippen LogP contribution >= 0.6 is 11.6 Å². The van der Waals surface area contributed by atoms with Gasteiger partial charge in [-0.2, -0.15) is 5.10 Å². The third-order valence-corrected chi connectivity index (χ3v) is 4.32. The van der Waals surface area contributed by atoms with Gasteiger partial charge in [-0.05, 0) is 44.9 Å². The maximum Gasteiger partial charge on any atom is 0.257 e. The largest absolute Gasteiger partial charge is 0.393 e. The molecule has 1 unspecified atom stereocenters. The Morgan fingerprint density at radius 3 is 2.54 bits per heavy atom. The van der Waals surface area contributed by atoms with E-state index in [-0.39, 0.29) is 5.91 Å². The van der Waals surface area contributed by atoms with Crippen LogP contribution in [0, 0.1) is 13.8 Å². The first-order valence-corrected chi connectivity index (χ1v) is 8.39. The highest BCUT2D eigenvalue weighted by Crippen LogP contribution is 2.18. The Labute approximate surface area is 147 Å². The van der Waals surface area contributed by atoms with Crippen molar-refractivity contribution in [1.82, 2.24) is 14.7 Å². The predicted octanol–water partition coefficient (Wildman–Crippen LogP) is 3.04. The lowest BCUT2D eigenvalue weighted by molar-refractivity contribution is 0.0767. The lowest BCUT2D eigenvalue weighted by Gasteiger charge is -2.18. The van der Waals surface area contributed by atoms with Crippen molar-refractivity contribution >= 4 is 17.5 Å². The number of benzene rings is 1. The molecule has 0 spiro atoms. The average Bonchev–Trinajstić information content (AvgIpc) is 2.80. The number of hydrogen-bond donors (Lipinski definition) is 1. The molecule has 1 N–H and O–H groups in total. The number of amides is 1. The summed E-state index contributed by atoms with van der Waals surface area (Å²) in [7, 11) is 1.75. The van der Waals surface area contributed by atoms with Crippen molar-refractivity contribution in [2.45, 2.75) is 39.8 Å². The number of halogens is 1. The van der Waals surface area contributed by atoms with Gasteiger partial charge in [0.1, 0.15) is 0 Å². The molecule has 1 heterocycles. The van der Waals surface area contributed by atoms with Crippen molar-refractivity contribution < 1.29 is 9.90 Å². The topological polar surface area (TPSA) is 58.4 Å². The molecule has 5 nitrogen and oxygen atoms in total. The Morgan fingerprint density at radius 1 is 1.33 bits per heavy atom. The number of hydrogen-bond acceptors (Lipinski definition) is 3. The van der Waals surface area contributed by atoms with Gasteiger partial charge in [-0.25, -0.2) is 0 Å². The fourth-order valence-electron chi connectivity index (χ4n) is 2.60. The van der Waals surface area contributed by atoms with Gasteiger partial charge in [0.15, 0.2) is 0 Å². The molecule has 0 aliphatic heterocycles. The first-order chi connectivity index (χ1) is 11.3. The number of carbonyl (C=O) groups excluding carboxylic acids is 1. The van der Waals surface area contributed by atoms with E-state index in [1.165, 1.54) is 0 Å². The van der Waals surface area contributed by atoms with Crippen molar-refractivity contribution in [2.24, 2.45) is 0 Å². The molecular formula is C18H24ClN3O2. The van der Waals surface area contributed by atoms with Crippen LogP contribution in [-0.2, 0) is 6.54 Å². The second kappa shape index (κ2) is 7.81. The first-order valence-electron chi connectivity index (χ1n) is 8.01. The molecule has 0 saturated heterocycles. The molecule has 0 bridgehead atoms. The van der Waals surface area contributed by atoms with Crippen molar-refractivity contribution in [2.75, 3.05) is 13.6 Å². The molecule has 0 aliphatic rings. The van der Waals surface area contributed by atoms with E-state index in [9.17, 15) is 9.90 Å². The molecule has 1 atom stereocenters. The number of nitrogens with zero attached hydrogens (tertiary/aromatic N) is 3. The third-order valence-electron chi connectivity index (χ3n) is 4.07. The molecule has 1 aromatic heterocycles. The number of aryl methyl sites for hydroxylation is 1. The van der Waals surface area contributed by atoms with E-state index in [0.29, 0.717) is 30.1 Å². The van der Waals surface area contributed by atoms with Crippen LogP contribution in [0.2, 0.25) is 5.02 Å². The smallest absolute Gasteiger partial charge is 0.257 e. The minimum atomic E-state index is -0.421. The fraction of sp³-hybridized carbons (Fsp3) is 0.444. The highest BCUT2D eigenvalue weighted by Gasteiger charge is 2.21. The molecule has 1 aromatic carbocycles. The van der Waals surface area contributed by atoms with E-state index in [4.69, 9.17) is 11.6 Å². The molecule has 0 saturated carbocycles. The summed E-state index contributed by atoms with van der Waals surface area (Å²) < 4.78 is 1.84.